The van der Waals surface area contributed by atoms with E-state index in [9.17, 15) is 8.42 Å². The van der Waals surface area contributed by atoms with Gasteiger partial charge >= 0.3 is 0 Å². The average Bonchev–Trinajstić information content (AvgIpc) is 2.32. The van der Waals surface area contributed by atoms with Gasteiger partial charge in [-0.3, -0.25) is 4.72 Å². The van der Waals surface area contributed by atoms with Crippen molar-refractivity contribution in [3.8, 4) is 0 Å². The van der Waals surface area contributed by atoms with Crippen molar-refractivity contribution >= 4 is 43.4 Å². The van der Waals surface area contributed by atoms with Gasteiger partial charge in [0.05, 0.1) is 4.90 Å². The molecule has 2 rings (SSSR count). The molecule has 0 saturated heterocycles. The molecule has 1 N–H and O–H groups in total. The molecule has 8 heteroatoms. The van der Waals surface area contributed by atoms with Gasteiger partial charge in [0.2, 0.25) is 5.28 Å². The molecule has 0 aliphatic carbocycles. The van der Waals surface area contributed by atoms with E-state index in [1.807, 2.05) is 6.92 Å². The second-order valence-corrected chi connectivity index (χ2v) is 6.60. The number of rotatable bonds is 3. The van der Waals surface area contributed by atoms with Crippen LogP contribution in [-0.2, 0) is 10.0 Å². The maximum atomic E-state index is 12.1. The van der Waals surface area contributed by atoms with Crippen molar-refractivity contribution in [3.63, 3.8) is 0 Å². The smallest absolute Gasteiger partial charge is 0.263 e. The Morgan fingerprint density at radius 1 is 1.32 bits per heavy atom. The Kier molecular flexibility index (Phi) is 4.07. The van der Waals surface area contributed by atoms with Crippen LogP contribution in [0, 0.1) is 6.92 Å². The number of hydrogen-bond donors (Lipinski definition) is 1. The fourth-order valence-electron chi connectivity index (χ4n) is 1.37. The van der Waals surface area contributed by atoms with E-state index in [2.05, 4.69) is 30.6 Å². The van der Waals surface area contributed by atoms with Crippen molar-refractivity contribution in [1.82, 2.24) is 9.97 Å². The molecule has 0 atom stereocenters. The molecule has 100 valence electrons. The van der Waals surface area contributed by atoms with E-state index in [1.165, 1.54) is 18.3 Å². The van der Waals surface area contributed by atoms with Gasteiger partial charge in [0.15, 0.2) is 0 Å². The number of anilines is 1. The van der Waals surface area contributed by atoms with Gasteiger partial charge in [0.1, 0.15) is 5.82 Å². The topological polar surface area (TPSA) is 72.0 Å². The van der Waals surface area contributed by atoms with Crippen LogP contribution in [0.3, 0.4) is 0 Å². The fraction of sp³-hybridized carbons (Fsp3) is 0.0909. The lowest BCUT2D eigenvalue weighted by Crippen LogP contribution is -2.14. The molecule has 0 bridgehead atoms. The normalized spacial score (nSPS) is 11.3. The van der Waals surface area contributed by atoms with Crippen LogP contribution in [0.2, 0.25) is 5.28 Å². The fourth-order valence-corrected chi connectivity index (χ4v) is 2.85. The highest BCUT2D eigenvalue weighted by atomic mass is 79.9. The number of hydrogen-bond acceptors (Lipinski definition) is 4. The molecule has 19 heavy (non-hydrogen) atoms. The van der Waals surface area contributed by atoms with Crippen LogP contribution in [0.15, 0.2) is 39.8 Å². The molecular weight excluding hydrogens is 354 g/mol. The summed E-state index contributed by atoms with van der Waals surface area (Å²) in [7, 11) is -3.69. The number of nitrogens with one attached hydrogen (secondary N) is 1. The first kappa shape index (κ1) is 14.2. The largest absolute Gasteiger partial charge is 0.263 e. The summed E-state index contributed by atoms with van der Waals surface area (Å²) in [5.41, 5.74) is 0.823. The SMILES string of the molecule is Cc1cc(S(=O)(=O)Nc2ccnc(Cl)n2)ccc1Br. The van der Waals surface area contributed by atoms with Gasteiger partial charge in [-0.1, -0.05) is 15.9 Å². The summed E-state index contributed by atoms with van der Waals surface area (Å²) >= 11 is 8.92. The Morgan fingerprint density at radius 3 is 2.68 bits per heavy atom. The summed E-state index contributed by atoms with van der Waals surface area (Å²) < 4.78 is 27.5. The Hall–Kier alpha value is -1.18. The van der Waals surface area contributed by atoms with Gasteiger partial charge < -0.3 is 0 Å². The van der Waals surface area contributed by atoms with Gasteiger partial charge in [-0.15, -0.1) is 0 Å². The van der Waals surface area contributed by atoms with Crippen molar-refractivity contribution < 1.29 is 8.42 Å². The van der Waals surface area contributed by atoms with E-state index in [-0.39, 0.29) is 16.0 Å². The lowest BCUT2D eigenvalue weighted by molar-refractivity contribution is 0.601. The van der Waals surface area contributed by atoms with Crippen molar-refractivity contribution in [2.24, 2.45) is 0 Å². The third-order valence-corrected chi connectivity index (χ3v) is 4.73. The average molecular weight is 363 g/mol. The molecule has 1 aromatic carbocycles. The molecule has 0 fully saturated rings. The Labute approximate surface area is 124 Å². The first-order valence-electron chi connectivity index (χ1n) is 5.16. The number of benzene rings is 1. The molecule has 0 amide bonds. The molecule has 5 nitrogen and oxygen atoms in total. The zero-order chi connectivity index (χ0) is 14.0. The molecule has 1 aromatic heterocycles. The summed E-state index contributed by atoms with van der Waals surface area (Å²) in [4.78, 5) is 7.62. The maximum Gasteiger partial charge on any atom is 0.263 e. The lowest BCUT2D eigenvalue weighted by Gasteiger charge is -2.08. The Bertz CT molecular complexity index is 722. The van der Waals surface area contributed by atoms with E-state index in [0.717, 1.165) is 10.0 Å². The zero-order valence-electron chi connectivity index (χ0n) is 9.76. The highest BCUT2D eigenvalue weighted by Crippen LogP contribution is 2.21. The van der Waals surface area contributed by atoms with Crippen molar-refractivity contribution in [1.29, 1.82) is 0 Å². The van der Waals surface area contributed by atoms with Crippen LogP contribution < -0.4 is 4.72 Å². The second kappa shape index (κ2) is 5.44. The van der Waals surface area contributed by atoms with Gasteiger partial charge in [-0.05, 0) is 48.4 Å². The van der Waals surface area contributed by atoms with E-state index >= 15 is 0 Å². The highest BCUT2D eigenvalue weighted by molar-refractivity contribution is 9.10. The molecule has 1 heterocycles. The molecule has 0 unspecified atom stereocenters. The molecule has 0 aliphatic rings. The molecule has 0 aliphatic heterocycles. The standard InChI is InChI=1S/C11H9BrClN3O2S/c1-7-6-8(2-3-9(7)12)19(17,18)16-10-4-5-14-11(13)15-10/h2-6H,1H3,(H,14,15,16). The first-order valence-corrected chi connectivity index (χ1v) is 7.81. The number of halogens is 2. The minimum atomic E-state index is -3.69. The van der Waals surface area contributed by atoms with E-state index in [0.29, 0.717) is 0 Å². The van der Waals surface area contributed by atoms with Gasteiger partial charge in [0.25, 0.3) is 10.0 Å². The highest BCUT2D eigenvalue weighted by Gasteiger charge is 2.15. The second-order valence-electron chi connectivity index (χ2n) is 3.73. The van der Waals surface area contributed by atoms with E-state index in [4.69, 9.17) is 11.6 Å². The quantitative estimate of drug-likeness (QED) is 0.852. The van der Waals surface area contributed by atoms with Crippen LogP contribution >= 0.6 is 27.5 Å². The molecule has 2 aromatic rings. The molecular formula is C11H9BrClN3O2S. The summed E-state index contributed by atoms with van der Waals surface area (Å²) in [5, 5.41) is -0.0211. The first-order chi connectivity index (χ1) is 8.88. The van der Waals surface area contributed by atoms with Gasteiger partial charge in [0, 0.05) is 10.7 Å². The number of aromatic nitrogens is 2. The van der Waals surface area contributed by atoms with Gasteiger partial charge in [-0.2, -0.15) is 4.98 Å². The minimum Gasteiger partial charge on any atom is -0.263 e. The van der Waals surface area contributed by atoms with Crippen LogP contribution in [-0.4, -0.2) is 18.4 Å². The number of sulfonamides is 1. The van der Waals surface area contributed by atoms with E-state index in [1.54, 1.807) is 12.1 Å². The van der Waals surface area contributed by atoms with Crippen molar-refractivity contribution in [2.75, 3.05) is 4.72 Å². The molecule has 0 spiro atoms. The maximum absolute atomic E-state index is 12.1. The zero-order valence-corrected chi connectivity index (χ0v) is 12.9. The third-order valence-electron chi connectivity index (χ3n) is 2.30. The van der Waals surface area contributed by atoms with Crippen LogP contribution in [0.25, 0.3) is 0 Å². The van der Waals surface area contributed by atoms with Crippen molar-refractivity contribution in [2.45, 2.75) is 11.8 Å². The third kappa shape index (κ3) is 3.43. The van der Waals surface area contributed by atoms with Crippen molar-refractivity contribution in [3.05, 3.63) is 45.8 Å². The predicted molar refractivity (Wildman–Crippen MR) is 76.7 cm³/mol. The Balaban J connectivity index is 2.35. The van der Waals surface area contributed by atoms with Crippen LogP contribution in [0.5, 0.6) is 0 Å². The lowest BCUT2D eigenvalue weighted by atomic mass is 10.2. The summed E-state index contributed by atoms with van der Waals surface area (Å²) in [6.07, 6.45) is 1.38. The Morgan fingerprint density at radius 2 is 2.05 bits per heavy atom. The number of nitrogens with zero attached hydrogens (tertiary/aromatic N) is 2. The molecule has 0 radical (unpaired) electrons. The number of aryl methyl sites for hydroxylation is 1. The van der Waals surface area contributed by atoms with Crippen LogP contribution in [0.1, 0.15) is 5.56 Å². The summed E-state index contributed by atoms with van der Waals surface area (Å²) in [5.74, 6) is 0.126. The molecule has 0 saturated carbocycles. The monoisotopic (exact) mass is 361 g/mol. The summed E-state index contributed by atoms with van der Waals surface area (Å²) in [6.45, 7) is 1.81. The minimum absolute atomic E-state index is 0.0211. The predicted octanol–water partition coefficient (Wildman–Crippen LogP) is 3.00. The van der Waals surface area contributed by atoms with Gasteiger partial charge in [-0.25, -0.2) is 13.4 Å². The summed E-state index contributed by atoms with van der Waals surface area (Å²) in [6, 6.07) is 6.17. The van der Waals surface area contributed by atoms with E-state index < -0.39 is 10.0 Å². The van der Waals surface area contributed by atoms with Crippen LogP contribution in [0.4, 0.5) is 5.82 Å².